The van der Waals surface area contributed by atoms with Crippen molar-refractivity contribution in [1.82, 2.24) is 5.32 Å². The van der Waals surface area contributed by atoms with Gasteiger partial charge in [-0.05, 0) is 37.5 Å². The third-order valence-electron chi connectivity index (χ3n) is 2.68. The number of carbonyl (C=O) groups excluding carboxylic acids is 1. The van der Waals surface area contributed by atoms with Gasteiger partial charge in [-0.15, -0.1) is 0 Å². The van der Waals surface area contributed by atoms with Crippen LogP contribution in [0.5, 0.6) is 0 Å². The van der Waals surface area contributed by atoms with Gasteiger partial charge in [0.05, 0.1) is 0 Å². The second-order valence-corrected chi connectivity index (χ2v) is 6.00. The lowest BCUT2D eigenvalue weighted by molar-refractivity contribution is 0.0938. The van der Waals surface area contributed by atoms with Crippen LogP contribution in [0.2, 0.25) is 0 Å². The largest absolute Gasteiger partial charge is 0.350 e. The summed E-state index contributed by atoms with van der Waals surface area (Å²) < 4.78 is 0. The molecule has 94 valence electrons. The maximum atomic E-state index is 11.9. The van der Waals surface area contributed by atoms with E-state index in [1.807, 2.05) is 31.2 Å². The smallest absolute Gasteiger partial charge is 0.251 e. The van der Waals surface area contributed by atoms with Crippen LogP contribution < -0.4 is 5.32 Å². The molecule has 0 bridgehead atoms. The fourth-order valence-electron chi connectivity index (χ4n) is 1.75. The highest BCUT2D eigenvalue weighted by Crippen LogP contribution is 2.09. The van der Waals surface area contributed by atoms with E-state index < -0.39 is 0 Å². The van der Waals surface area contributed by atoms with Crippen molar-refractivity contribution < 1.29 is 4.79 Å². The highest BCUT2D eigenvalue weighted by molar-refractivity contribution is 9.09. The number of hydrogen-bond donors (Lipinski definition) is 1. The van der Waals surface area contributed by atoms with E-state index in [-0.39, 0.29) is 11.9 Å². The highest BCUT2D eigenvalue weighted by atomic mass is 79.9. The molecule has 1 rings (SSSR count). The van der Waals surface area contributed by atoms with Crippen LogP contribution in [0.25, 0.3) is 0 Å². The molecule has 2 unspecified atom stereocenters. The Morgan fingerprint density at radius 1 is 1.29 bits per heavy atom. The summed E-state index contributed by atoms with van der Waals surface area (Å²) in [5, 5.41) is 3.00. The Hall–Kier alpha value is -0.830. The van der Waals surface area contributed by atoms with E-state index in [1.165, 1.54) is 5.56 Å². The quantitative estimate of drug-likeness (QED) is 0.828. The molecule has 1 aromatic carbocycles. The second kappa shape index (κ2) is 6.80. The Balaban J connectivity index is 2.57. The van der Waals surface area contributed by atoms with Crippen molar-refractivity contribution in [3.05, 3.63) is 35.4 Å². The second-order valence-electron chi connectivity index (χ2n) is 4.44. The average molecular weight is 298 g/mol. The lowest BCUT2D eigenvalue weighted by Crippen LogP contribution is -2.33. The van der Waals surface area contributed by atoms with Gasteiger partial charge in [-0.1, -0.05) is 41.9 Å². The van der Waals surface area contributed by atoms with Gasteiger partial charge in [-0.25, -0.2) is 0 Å². The first kappa shape index (κ1) is 14.2. The fourth-order valence-corrected chi connectivity index (χ4v) is 2.31. The zero-order valence-corrected chi connectivity index (χ0v) is 12.3. The third kappa shape index (κ3) is 4.90. The van der Waals surface area contributed by atoms with Gasteiger partial charge in [0.25, 0.3) is 5.91 Å². The molecule has 2 atom stereocenters. The van der Waals surface area contributed by atoms with Crippen LogP contribution in [0.1, 0.15) is 43.1 Å². The summed E-state index contributed by atoms with van der Waals surface area (Å²) in [5.41, 5.74) is 1.99. The zero-order valence-electron chi connectivity index (χ0n) is 10.7. The number of benzene rings is 1. The molecule has 0 fully saturated rings. The number of carbonyl (C=O) groups is 1. The van der Waals surface area contributed by atoms with Crippen molar-refractivity contribution in [2.24, 2.45) is 0 Å². The first-order valence-corrected chi connectivity index (χ1v) is 6.98. The van der Waals surface area contributed by atoms with E-state index >= 15 is 0 Å². The Kier molecular flexibility index (Phi) is 5.69. The standard InChI is InChI=1S/C14H20BrNO/c1-4-12-5-7-13(8-6-12)14(17)16-11(3)9-10(2)15/h5-8,10-11H,4,9H2,1-3H3,(H,16,17). The van der Waals surface area contributed by atoms with Crippen LogP contribution in [-0.4, -0.2) is 16.8 Å². The monoisotopic (exact) mass is 297 g/mol. The van der Waals surface area contributed by atoms with Crippen LogP contribution in [0.15, 0.2) is 24.3 Å². The first-order chi connectivity index (χ1) is 8.02. The van der Waals surface area contributed by atoms with Gasteiger partial charge in [0.15, 0.2) is 0 Å². The predicted molar refractivity (Wildman–Crippen MR) is 75.8 cm³/mol. The summed E-state index contributed by atoms with van der Waals surface area (Å²) in [6, 6.07) is 7.97. The minimum atomic E-state index is 0.00769. The molecule has 3 heteroatoms. The number of nitrogens with one attached hydrogen (secondary N) is 1. The number of halogens is 1. The number of amides is 1. The molecular formula is C14H20BrNO. The van der Waals surface area contributed by atoms with Crippen LogP contribution >= 0.6 is 15.9 Å². The molecule has 17 heavy (non-hydrogen) atoms. The number of hydrogen-bond acceptors (Lipinski definition) is 1. The molecule has 0 aliphatic carbocycles. The highest BCUT2D eigenvalue weighted by Gasteiger charge is 2.11. The van der Waals surface area contributed by atoms with Crippen molar-refractivity contribution in [2.45, 2.75) is 44.5 Å². The zero-order chi connectivity index (χ0) is 12.8. The number of aryl methyl sites for hydroxylation is 1. The van der Waals surface area contributed by atoms with E-state index in [1.54, 1.807) is 0 Å². The van der Waals surface area contributed by atoms with E-state index in [0.717, 1.165) is 18.4 Å². The van der Waals surface area contributed by atoms with Crippen molar-refractivity contribution in [3.8, 4) is 0 Å². The topological polar surface area (TPSA) is 29.1 Å². The molecule has 0 radical (unpaired) electrons. The van der Waals surface area contributed by atoms with Crippen LogP contribution in [0.4, 0.5) is 0 Å². The number of rotatable bonds is 5. The molecule has 1 amide bonds. The predicted octanol–water partition coefficient (Wildman–Crippen LogP) is 3.54. The summed E-state index contributed by atoms with van der Waals surface area (Å²) in [4.78, 5) is 12.3. The minimum Gasteiger partial charge on any atom is -0.350 e. The molecule has 1 aromatic rings. The summed E-state index contributed by atoms with van der Waals surface area (Å²) in [6.07, 6.45) is 1.93. The van der Waals surface area contributed by atoms with Gasteiger partial charge < -0.3 is 5.32 Å². The molecule has 0 aromatic heterocycles. The van der Waals surface area contributed by atoms with Gasteiger partial charge >= 0.3 is 0 Å². The van der Waals surface area contributed by atoms with Gasteiger partial charge in [0.1, 0.15) is 0 Å². The molecule has 0 aliphatic heterocycles. The van der Waals surface area contributed by atoms with Crippen LogP contribution in [-0.2, 0) is 6.42 Å². The lowest BCUT2D eigenvalue weighted by Gasteiger charge is -2.15. The van der Waals surface area contributed by atoms with Gasteiger partial charge in [0.2, 0.25) is 0 Å². The Morgan fingerprint density at radius 2 is 1.88 bits per heavy atom. The van der Waals surface area contributed by atoms with Gasteiger partial charge in [-0.2, -0.15) is 0 Å². The summed E-state index contributed by atoms with van der Waals surface area (Å²) in [5.74, 6) is 0.00769. The molecule has 0 saturated heterocycles. The lowest BCUT2D eigenvalue weighted by atomic mass is 10.1. The van der Waals surface area contributed by atoms with Gasteiger partial charge in [-0.3, -0.25) is 4.79 Å². The van der Waals surface area contributed by atoms with E-state index in [0.29, 0.717) is 4.83 Å². The maximum Gasteiger partial charge on any atom is 0.251 e. The third-order valence-corrected chi connectivity index (χ3v) is 3.05. The average Bonchev–Trinajstić information content (AvgIpc) is 2.28. The van der Waals surface area contributed by atoms with Crippen molar-refractivity contribution in [2.75, 3.05) is 0 Å². The molecule has 0 spiro atoms. The Bertz CT molecular complexity index is 359. The summed E-state index contributed by atoms with van der Waals surface area (Å²) in [7, 11) is 0. The van der Waals surface area contributed by atoms with Crippen LogP contribution in [0.3, 0.4) is 0 Å². The maximum absolute atomic E-state index is 11.9. The molecular weight excluding hydrogens is 278 g/mol. The summed E-state index contributed by atoms with van der Waals surface area (Å²) in [6.45, 7) is 6.21. The fraction of sp³-hybridized carbons (Fsp3) is 0.500. The molecule has 1 N–H and O–H groups in total. The molecule has 0 heterocycles. The van der Waals surface area contributed by atoms with E-state index in [2.05, 4.69) is 35.1 Å². The van der Waals surface area contributed by atoms with Crippen molar-refractivity contribution in [1.29, 1.82) is 0 Å². The number of alkyl halides is 1. The van der Waals surface area contributed by atoms with Crippen molar-refractivity contribution in [3.63, 3.8) is 0 Å². The van der Waals surface area contributed by atoms with E-state index in [4.69, 9.17) is 0 Å². The van der Waals surface area contributed by atoms with Gasteiger partial charge in [0, 0.05) is 16.4 Å². The SMILES string of the molecule is CCc1ccc(C(=O)NC(C)CC(C)Br)cc1. The Labute approximate surface area is 112 Å². The summed E-state index contributed by atoms with van der Waals surface area (Å²) >= 11 is 3.49. The normalized spacial score (nSPS) is 14.1. The molecule has 0 aliphatic rings. The van der Waals surface area contributed by atoms with Crippen molar-refractivity contribution >= 4 is 21.8 Å². The Morgan fingerprint density at radius 3 is 2.35 bits per heavy atom. The van der Waals surface area contributed by atoms with Crippen LogP contribution in [0, 0.1) is 0 Å². The minimum absolute atomic E-state index is 0.00769. The first-order valence-electron chi connectivity index (χ1n) is 6.06. The molecule has 0 saturated carbocycles. The van der Waals surface area contributed by atoms with E-state index in [9.17, 15) is 4.79 Å². The molecule has 2 nitrogen and oxygen atoms in total.